The van der Waals surface area contributed by atoms with Gasteiger partial charge in [-0.05, 0) is 116 Å². The van der Waals surface area contributed by atoms with Crippen LogP contribution in [-0.2, 0) is 24.5 Å². The van der Waals surface area contributed by atoms with E-state index in [1.165, 1.54) is 44.1 Å². The molecular weight excluding hydrogens is 492 g/mol. The molecule has 0 aromatic heterocycles. The van der Waals surface area contributed by atoms with Gasteiger partial charge in [0.05, 0.1) is 0 Å². The van der Waals surface area contributed by atoms with Gasteiger partial charge in [-0.2, -0.15) is 0 Å². The van der Waals surface area contributed by atoms with Crippen LogP contribution in [0.25, 0.3) is 17.2 Å². The van der Waals surface area contributed by atoms with Crippen molar-refractivity contribution >= 4 is 17.8 Å². The van der Waals surface area contributed by atoms with Crippen LogP contribution in [0.2, 0.25) is 0 Å². The van der Waals surface area contributed by atoms with Gasteiger partial charge in [0.1, 0.15) is 19.0 Å². The van der Waals surface area contributed by atoms with Gasteiger partial charge in [0, 0.05) is 18.2 Å². The topological polar surface area (TPSA) is 82.1 Å². The maximum absolute atomic E-state index is 12.7. The number of rotatable bonds is 10. The largest absolute Gasteiger partial charge is 0.485 e. The smallest absolute Gasteiger partial charge is 0.328 e. The van der Waals surface area contributed by atoms with Gasteiger partial charge in [0.2, 0.25) is 0 Å². The van der Waals surface area contributed by atoms with Gasteiger partial charge in [-0.15, -0.1) is 0 Å². The summed E-state index contributed by atoms with van der Waals surface area (Å²) in [7, 11) is 0. The Morgan fingerprint density at radius 1 is 0.923 bits per heavy atom. The van der Waals surface area contributed by atoms with Crippen LogP contribution < -0.4 is 4.74 Å². The van der Waals surface area contributed by atoms with E-state index in [1.54, 1.807) is 6.08 Å². The maximum atomic E-state index is 12.7. The maximum Gasteiger partial charge on any atom is 0.328 e. The van der Waals surface area contributed by atoms with Gasteiger partial charge >= 0.3 is 5.97 Å². The van der Waals surface area contributed by atoms with E-state index in [0.717, 1.165) is 65.5 Å². The first kappa shape index (κ1) is 26.3. The van der Waals surface area contributed by atoms with Crippen molar-refractivity contribution in [3.05, 3.63) is 59.7 Å². The number of carbonyl (C=O) groups is 2. The number of hydrogen-bond donors (Lipinski definition) is 1. The molecule has 1 unspecified atom stereocenters. The zero-order valence-corrected chi connectivity index (χ0v) is 22.5. The Hall–Kier alpha value is -2.96. The lowest BCUT2D eigenvalue weighted by Crippen LogP contribution is -2.48. The molecule has 5 aliphatic rings. The lowest BCUT2D eigenvalue weighted by atomic mass is 9.48. The molecule has 6 nitrogen and oxygen atoms in total. The summed E-state index contributed by atoms with van der Waals surface area (Å²) in [6.07, 6.45) is 13.1. The van der Waals surface area contributed by atoms with Crippen LogP contribution in [0.1, 0.15) is 68.9 Å². The molecule has 0 amide bonds. The van der Waals surface area contributed by atoms with Crippen molar-refractivity contribution in [2.45, 2.75) is 69.5 Å². The minimum absolute atomic E-state index is 0.00393. The third-order valence-corrected chi connectivity index (χ3v) is 9.21. The van der Waals surface area contributed by atoms with Crippen LogP contribution in [0.3, 0.4) is 0 Å². The predicted molar refractivity (Wildman–Crippen MR) is 148 cm³/mol. The fourth-order valence-electron chi connectivity index (χ4n) is 7.87. The number of benzene rings is 2. The summed E-state index contributed by atoms with van der Waals surface area (Å²) in [5.74, 6) is 2.16. The Bertz CT molecular complexity index is 1190. The van der Waals surface area contributed by atoms with Crippen molar-refractivity contribution in [2.24, 2.45) is 17.8 Å². The van der Waals surface area contributed by atoms with Gasteiger partial charge in [-0.25, -0.2) is 4.79 Å². The number of ether oxygens (including phenoxy) is 3. The molecule has 1 saturated heterocycles. The normalized spacial score (nSPS) is 29.5. The van der Waals surface area contributed by atoms with Crippen LogP contribution in [0.5, 0.6) is 5.75 Å². The number of carboxylic acids is 1. The van der Waals surface area contributed by atoms with Crippen molar-refractivity contribution in [1.29, 1.82) is 0 Å². The quantitative estimate of drug-likeness (QED) is 0.358. The van der Waals surface area contributed by atoms with E-state index in [4.69, 9.17) is 19.3 Å². The minimum atomic E-state index is -0.956. The molecular formula is C33H38O6. The summed E-state index contributed by atoms with van der Waals surface area (Å²) >= 11 is 0. The molecule has 1 atom stereocenters. The Morgan fingerprint density at radius 3 is 2.26 bits per heavy atom. The van der Waals surface area contributed by atoms with Crippen molar-refractivity contribution in [3.8, 4) is 16.9 Å². The van der Waals surface area contributed by atoms with Gasteiger partial charge < -0.3 is 19.3 Å². The fraction of sp³-hybridized carbons (Fsp3) is 0.515. The highest BCUT2D eigenvalue weighted by molar-refractivity contribution is 5.85. The first-order valence-corrected chi connectivity index (χ1v) is 14.5. The number of ketones is 1. The lowest BCUT2D eigenvalue weighted by molar-refractivity contribution is -0.169. The van der Waals surface area contributed by atoms with Crippen molar-refractivity contribution in [3.63, 3.8) is 0 Å². The molecule has 4 bridgehead atoms. The molecule has 206 valence electrons. The first-order valence-electron chi connectivity index (χ1n) is 14.5. The number of carbonyl (C=O) groups excluding carboxylic acids is 1. The van der Waals surface area contributed by atoms with Crippen LogP contribution in [0.15, 0.2) is 48.5 Å². The Balaban J connectivity index is 1.23. The molecule has 7 rings (SSSR count). The predicted octanol–water partition coefficient (Wildman–Crippen LogP) is 6.41. The summed E-state index contributed by atoms with van der Waals surface area (Å²) < 4.78 is 17.5. The van der Waals surface area contributed by atoms with E-state index in [9.17, 15) is 9.59 Å². The molecule has 2 aromatic rings. The molecule has 0 radical (unpaired) electrons. The highest BCUT2D eigenvalue weighted by atomic mass is 16.7. The van der Waals surface area contributed by atoms with E-state index in [2.05, 4.69) is 12.1 Å². The van der Waals surface area contributed by atoms with Crippen LogP contribution in [-0.4, -0.2) is 43.0 Å². The second kappa shape index (κ2) is 11.3. The SMILES string of the molecule is O=C(O)/C=C/c1ccc(-c2ccc(OCC(=O)COC3CCCCO3)c(C34CC5CC(CC(C5)C3)C4)c2)cc1. The third-order valence-electron chi connectivity index (χ3n) is 9.21. The van der Waals surface area contributed by atoms with E-state index in [1.807, 2.05) is 30.3 Å². The highest BCUT2D eigenvalue weighted by Gasteiger charge is 2.52. The number of Topliss-reactive ketones (excluding diaryl/α,β-unsaturated/α-hetero) is 1. The summed E-state index contributed by atoms with van der Waals surface area (Å²) in [4.78, 5) is 23.6. The molecule has 6 heteroatoms. The minimum Gasteiger partial charge on any atom is -0.485 e. The monoisotopic (exact) mass is 530 g/mol. The van der Waals surface area contributed by atoms with Gasteiger partial charge in [0.25, 0.3) is 0 Å². The molecule has 2 aromatic carbocycles. The van der Waals surface area contributed by atoms with Crippen molar-refractivity contribution in [1.82, 2.24) is 0 Å². The summed E-state index contributed by atoms with van der Waals surface area (Å²) in [5.41, 5.74) is 4.41. The number of carboxylic acid groups (broad SMARTS) is 1. The molecule has 0 spiro atoms. The van der Waals surface area contributed by atoms with Gasteiger partial charge in [0.15, 0.2) is 12.1 Å². The molecule has 4 saturated carbocycles. The van der Waals surface area contributed by atoms with E-state index in [-0.39, 0.29) is 30.7 Å². The molecule has 39 heavy (non-hydrogen) atoms. The van der Waals surface area contributed by atoms with Crippen LogP contribution in [0.4, 0.5) is 0 Å². The summed E-state index contributed by atoms with van der Waals surface area (Å²) in [6, 6.07) is 14.4. The van der Waals surface area contributed by atoms with Crippen molar-refractivity contribution in [2.75, 3.05) is 19.8 Å². The van der Waals surface area contributed by atoms with E-state index >= 15 is 0 Å². The first-order chi connectivity index (χ1) is 19.0. The van der Waals surface area contributed by atoms with Crippen molar-refractivity contribution < 1.29 is 28.9 Å². The van der Waals surface area contributed by atoms with E-state index < -0.39 is 5.97 Å². The second-order valence-electron chi connectivity index (χ2n) is 12.1. The Morgan fingerprint density at radius 2 is 1.62 bits per heavy atom. The van der Waals surface area contributed by atoms with Gasteiger partial charge in [-0.1, -0.05) is 30.3 Å². The van der Waals surface area contributed by atoms with Crippen LogP contribution >= 0.6 is 0 Å². The molecule has 4 aliphatic carbocycles. The van der Waals surface area contributed by atoms with Gasteiger partial charge in [-0.3, -0.25) is 4.79 Å². The summed E-state index contributed by atoms with van der Waals surface area (Å²) in [5, 5.41) is 8.92. The Kier molecular flexibility index (Phi) is 7.59. The fourth-order valence-corrected chi connectivity index (χ4v) is 7.87. The molecule has 1 aliphatic heterocycles. The number of aliphatic carboxylic acids is 1. The molecule has 1 N–H and O–H groups in total. The third kappa shape index (κ3) is 5.97. The zero-order chi connectivity index (χ0) is 26.8. The summed E-state index contributed by atoms with van der Waals surface area (Å²) in [6.45, 7) is 0.700. The van der Waals surface area contributed by atoms with Crippen LogP contribution in [0, 0.1) is 17.8 Å². The second-order valence-corrected chi connectivity index (χ2v) is 12.1. The zero-order valence-electron chi connectivity index (χ0n) is 22.5. The lowest BCUT2D eigenvalue weighted by Gasteiger charge is -2.57. The van der Waals surface area contributed by atoms with E-state index in [0.29, 0.717) is 6.61 Å². The highest BCUT2D eigenvalue weighted by Crippen LogP contribution is 2.62. The Labute approximate surface area is 230 Å². The number of hydrogen-bond acceptors (Lipinski definition) is 5. The standard InChI is InChI=1S/C33H38O6/c34-28(21-39-32-3-1-2-12-37-32)20-38-30-10-9-27(26-7-4-22(5-8-26)6-11-31(35)36)16-29(30)33-17-23-13-24(18-33)15-25(14-23)19-33/h4-11,16,23-25,32H,1-3,12-15,17-21H2,(H,35,36)/b11-6+. The molecule has 5 fully saturated rings. The molecule has 1 heterocycles. The average Bonchev–Trinajstić information content (AvgIpc) is 2.94. The average molecular weight is 531 g/mol.